The quantitative estimate of drug-likeness (QED) is 0.625. The van der Waals surface area contributed by atoms with Gasteiger partial charge >= 0.3 is 6.30 Å². The van der Waals surface area contributed by atoms with Crippen molar-refractivity contribution in [3.05, 3.63) is 0 Å². The number of hydrogen-bond acceptors (Lipinski definition) is 1. The Hall–Kier alpha value is -0.140. The van der Waals surface area contributed by atoms with Crippen LogP contribution in [0.1, 0.15) is 38.5 Å². The van der Waals surface area contributed by atoms with Crippen LogP contribution in [0, 0.1) is 17.8 Å². The summed E-state index contributed by atoms with van der Waals surface area (Å²) < 4.78 is 59.3. The van der Waals surface area contributed by atoms with E-state index in [2.05, 4.69) is 0 Å². The highest BCUT2D eigenvalue weighted by atomic mass is 32.2. The second kappa shape index (κ2) is 3.93. The Labute approximate surface area is 106 Å². The molecular weight excluding hydrogens is 267 g/mol. The van der Waals surface area contributed by atoms with Crippen LogP contribution in [-0.2, 0) is 11.3 Å². The summed E-state index contributed by atoms with van der Waals surface area (Å²) in [6, 6.07) is 0. The minimum atomic E-state index is -4.73. The van der Waals surface area contributed by atoms with Gasteiger partial charge in [0.05, 0.1) is 0 Å². The molecule has 0 aromatic rings. The van der Waals surface area contributed by atoms with Gasteiger partial charge in [-0.15, -0.1) is 4.31 Å². The minimum absolute atomic E-state index is 0.0789. The SMILES string of the molecule is O=S(O)N(C(F)(F)F)C12CC3CC(CC(C3)C1)C2. The Morgan fingerprint density at radius 1 is 1.06 bits per heavy atom. The predicted molar refractivity (Wildman–Crippen MR) is 59.6 cm³/mol. The van der Waals surface area contributed by atoms with Crippen LogP contribution < -0.4 is 0 Å². The van der Waals surface area contributed by atoms with Gasteiger partial charge in [-0.25, -0.2) is 4.21 Å². The molecule has 4 saturated carbocycles. The third-order valence-corrected chi connectivity index (χ3v) is 5.73. The smallest absolute Gasteiger partial charge is 0.293 e. The van der Waals surface area contributed by atoms with Crippen LogP contribution in [0.3, 0.4) is 0 Å². The molecule has 3 nitrogen and oxygen atoms in total. The molecule has 0 heterocycles. The lowest BCUT2D eigenvalue weighted by Crippen LogP contribution is -2.63. The van der Waals surface area contributed by atoms with Crippen LogP contribution in [0.4, 0.5) is 13.2 Å². The minimum Gasteiger partial charge on any atom is -0.293 e. The average molecular weight is 283 g/mol. The zero-order valence-corrected chi connectivity index (χ0v) is 10.6. The van der Waals surface area contributed by atoms with E-state index in [1.54, 1.807) is 0 Å². The molecule has 0 radical (unpaired) electrons. The number of alkyl halides is 3. The van der Waals surface area contributed by atoms with Crippen molar-refractivity contribution in [1.29, 1.82) is 0 Å². The predicted octanol–water partition coefficient (Wildman–Crippen LogP) is 2.91. The van der Waals surface area contributed by atoms with E-state index in [9.17, 15) is 17.4 Å². The van der Waals surface area contributed by atoms with Crippen molar-refractivity contribution in [2.24, 2.45) is 17.8 Å². The molecule has 4 rings (SSSR count). The Bertz CT molecular complexity index is 350. The van der Waals surface area contributed by atoms with Crippen molar-refractivity contribution >= 4 is 11.3 Å². The topological polar surface area (TPSA) is 40.5 Å². The fourth-order valence-electron chi connectivity index (χ4n) is 4.84. The van der Waals surface area contributed by atoms with Gasteiger partial charge in [-0.1, -0.05) is 0 Å². The van der Waals surface area contributed by atoms with E-state index < -0.39 is 23.1 Å². The van der Waals surface area contributed by atoms with Gasteiger partial charge in [-0.2, -0.15) is 13.2 Å². The lowest BCUT2D eigenvalue weighted by atomic mass is 9.53. The van der Waals surface area contributed by atoms with Gasteiger partial charge in [0, 0.05) is 5.54 Å². The summed E-state index contributed by atoms with van der Waals surface area (Å²) in [6.07, 6.45) is -0.458. The molecule has 0 saturated heterocycles. The van der Waals surface area contributed by atoms with Gasteiger partial charge < -0.3 is 0 Å². The second-order valence-corrected chi connectivity index (χ2v) is 6.96. The van der Waals surface area contributed by atoms with Crippen LogP contribution in [0.2, 0.25) is 0 Å². The average Bonchev–Trinajstić information content (AvgIpc) is 2.09. The molecule has 4 aliphatic carbocycles. The van der Waals surface area contributed by atoms with Gasteiger partial charge in [0.2, 0.25) is 11.3 Å². The number of nitrogens with zero attached hydrogens (tertiary/aromatic N) is 1. The Morgan fingerprint density at radius 2 is 1.44 bits per heavy atom. The first-order valence-electron chi connectivity index (χ1n) is 6.28. The molecule has 0 spiro atoms. The summed E-state index contributed by atoms with van der Waals surface area (Å²) in [7, 11) is 0. The second-order valence-electron chi connectivity index (χ2n) is 6.13. The van der Waals surface area contributed by atoms with Crippen molar-refractivity contribution in [2.75, 3.05) is 0 Å². The molecule has 1 N–H and O–H groups in total. The number of hydrogen-bond donors (Lipinski definition) is 1. The monoisotopic (exact) mass is 283 g/mol. The number of halogens is 3. The fraction of sp³-hybridized carbons (Fsp3) is 1.00. The zero-order chi connectivity index (χ0) is 13.1. The van der Waals surface area contributed by atoms with Gasteiger partial charge in [-0.05, 0) is 56.3 Å². The zero-order valence-electron chi connectivity index (χ0n) is 9.82. The molecule has 4 bridgehead atoms. The third-order valence-electron chi connectivity index (χ3n) is 4.82. The summed E-state index contributed by atoms with van der Waals surface area (Å²) in [5.74, 6) is 0.930. The van der Waals surface area contributed by atoms with E-state index in [-0.39, 0.29) is 4.31 Å². The first-order chi connectivity index (χ1) is 8.30. The van der Waals surface area contributed by atoms with Crippen LogP contribution in [0.15, 0.2) is 0 Å². The van der Waals surface area contributed by atoms with E-state index in [1.807, 2.05) is 0 Å². The third kappa shape index (κ3) is 1.91. The van der Waals surface area contributed by atoms with Gasteiger partial charge in [-0.3, -0.25) is 4.55 Å². The summed E-state index contributed by atoms with van der Waals surface area (Å²) in [5.41, 5.74) is -1.12. The fourth-order valence-corrected chi connectivity index (χ4v) is 5.57. The van der Waals surface area contributed by atoms with Crippen molar-refractivity contribution in [3.8, 4) is 0 Å². The largest absolute Gasteiger partial charge is 0.473 e. The van der Waals surface area contributed by atoms with Crippen molar-refractivity contribution in [2.45, 2.75) is 50.4 Å². The number of rotatable bonds is 2. The maximum absolute atomic E-state index is 13.1. The molecule has 0 amide bonds. The van der Waals surface area contributed by atoms with Gasteiger partial charge in [0.25, 0.3) is 0 Å². The lowest BCUT2D eigenvalue weighted by Gasteiger charge is -2.59. The van der Waals surface area contributed by atoms with E-state index >= 15 is 0 Å². The van der Waals surface area contributed by atoms with Gasteiger partial charge in [0.15, 0.2) is 0 Å². The molecular formula is C11H16F3NO2S. The van der Waals surface area contributed by atoms with E-state index in [0.29, 0.717) is 37.0 Å². The molecule has 0 aromatic heterocycles. The first kappa shape index (κ1) is 12.9. The van der Waals surface area contributed by atoms with Crippen LogP contribution >= 0.6 is 0 Å². The highest BCUT2D eigenvalue weighted by Gasteiger charge is 2.61. The normalized spacial score (nSPS) is 44.6. The molecule has 4 aliphatic rings. The van der Waals surface area contributed by atoms with Gasteiger partial charge in [0.1, 0.15) is 0 Å². The summed E-state index contributed by atoms with van der Waals surface area (Å²) in [4.78, 5) is 0. The van der Waals surface area contributed by atoms with Crippen molar-refractivity contribution in [1.82, 2.24) is 4.31 Å². The maximum atomic E-state index is 13.1. The molecule has 18 heavy (non-hydrogen) atoms. The lowest BCUT2D eigenvalue weighted by molar-refractivity contribution is -0.258. The highest BCUT2D eigenvalue weighted by molar-refractivity contribution is 7.76. The molecule has 1 atom stereocenters. The van der Waals surface area contributed by atoms with E-state index in [4.69, 9.17) is 4.55 Å². The Balaban J connectivity index is 1.96. The molecule has 0 aliphatic heterocycles. The summed E-state index contributed by atoms with van der Waals surface area (Å²) >= 11 is -2.98. The maximum Gasteiger partial charge on any atom is 0.473 e. The molecule has 1 unspecified atom stereocenters. The van der Waals surface area contributed by atoms with Crippen molar-refractivity contribution < 1.29 is 21.9 Å². The molecule has 7 heteroatoms. The highest BCUT2D eigenvalue weighted by Crippen LogP contribution is 2.59. The van der Waals surface area contributed by atoms with E-state index in [1.165, 1.54) is 0 Å². The Morgan fingerprint density at radius 3 is 1.72 bits per heavy atom. The first-order valence-corrected chi connectivity index (χ1v) is 7.34. The van der Waals surface area contributed by atoms with Crippen LogP contribution in [0.25, 0.3) is 0 Å². The standard InChI is InChI=1S/C11H16F3NO2S/c12-11(13,14)15(18(16)17)10-4-7-1-8(5-10)3-9(2-7)6-10/h7-9H,1-6H2,(H,16,17). The molecule has 4 fully saturated rings. The summed E-state index contributed by atoms with van der Waals surface area (Å²) in [5, 5.41) is 0. The van der Waals surface area contributed by atoms with Crippen LogP contribution in [0.5, 0.6) is 0 Å². The van der Waals surface area contributed by atoms with E-state index in [0.717, 1.165) is 19.3 Å². The Kier molecular flexibility index (Phi) is 2.81. The molecule has 0 aromatic carbocycles. The summed E-state index contributed by atoms with van der Waals surface area (Å²) in [6.45, 7) is 0. The molecule has 104 valence electrons. The van der Waals surface area contributed by atoms with Crippen molar-refractivity contribution in [3.63, 3.8) is 0 Å². The van der Waals surface area contributed by atoms with Crippen LogP contribution in [-0.4, -0.2) is 24.9 Å².